The SMILES string of the molecule is Cc1nc(Br)ccc1NS(=O)(=O)N1CCCCC1C(=O)O. The zero-order valence-electron chi connectivity index (χ0n) is 11.4. The summed E-state index contributed by atoms with van der Waals surface area (Å²) in [5.74, 6) is -1.12. The van der Waals surface area contributed by atoms with Crippen molar-refractivity contribution in [2.24, 2.45) is 0 Å². The van der Waals surface area contributed by atoms with Crippen LogP contribution in [0.2, 0.25) is 0 Å². The molecule has 1 aromatic rings. The number of halogens is 1. The average molecular weight is 378 g/mol. The van der Waals surface area contributed by atoms with Crippen LogP contribution in [0.5, 0.6) is 0 Å². The second-order valence-corrected chi connectivity index (χ2v) is 7.27. The molecule has 21 heavy (non-hydrogen) atoms. The van der Waals surface area contributed by atoms with E-state index >= 15 is 0 Å². The number of nitrogens with zero attached hydrogens (tertiary/aromatic N) is 2. The van der Waals surface area contributed by atoms with E-state index < -0.39 is 22.2 Å². The van der Waals surface area contributed by atoms with Crippen LogP contribution in [0, 0.1) is 6.92 Å². The van der Waals surface area contributed by atoms with E-state index in [1.807, 2.05) is 0 Å². The zero-order valence-corrected chi connectivity index (χ0v) is 13.8. The number of pyridine rings is 1. The Labute approximate surface area is 131 Å². The molecule has 0 amide bonds. The monoisotopic (exact) mass is 377 g/mol. The molecule has 0 radical (unpaired) electrons. The van der Waals surface area contributed by atoms with E-state index in [1.165, 1.54) is 0 Å². The molecule has 0 spiro atoms. The van der Waals surface area contributed by atoms with Crippen molar-refractivity contribution in [3.05, 3.63) is 22.4 Å². The van der Waals surface area contributed by atoms with Gasteiger partial charge in [-0.05, 0) is 54.2 Å². The number of aryl methyl sites for hydroxylation is 1. The van der Waals surface area contributed by atoms with Gasteiger partial charge in [0, 0.05) is 6.54 Å². The lowest BCUT2D eigenvalue weighted by atomic mass is 10.1. The molecule has 1 aliphatic heterocycles. The number of hydrogen-bond acceptors (Lipinski definition) is 4. The molecule has 0 saturated carbocycles. The maximum Gasteiger partial charge on any atom is 0.322 e. The summed E-state index contributed by atoms with van der Waals surface area (Å²) in [4.78, 5) is 15.3. The lowest BCUT2D eigenvalue weighted by molar-refractivity contribution is -0.142. The van der Waals surface area contributed by atoms with Crippen molar-refractivity contribution < 1.29 is 18.3 Å². The van der Waals surface area contributed by atoms with Gasteiger partial charge < -0.3 is 5.11 Å². The Hall–Kier alpha value is -1.19. The second-order valence-electron chi connectivity index (χ2n) is 4.83. The molecular formula is C12H16BrN3O4S. The summed E-state index contributed by atoms with van der Waals surface area (Å²) in [5.41, 5.74) is 0.852. The van der Waals surface area contributed by atoms with Gasteiger partial charge in [0.25, 0.3) is 0 Å². The number of carboxylic acids is 1. The van der Waals surface area contributed by atoms with Crippen molar-refractivity contribution in [2.45, 2.75) is 32.2 Å². The number of piperidine rings is 1. The number of aliphatic carboxylic acids is 1. The molecule has 0 aliphatic carbocycles. The van der Waals surface area contributed by atoms with Gasteiger partial charge >= 0.3 is 16.2 Å². The van der Waals surface area contributed by atoms with E-state index in [0.717, 1.165) is 4.31 Å². The summed E-state index contributed by atoms with van der Waals surface area (Å²) in [7, 11) is -3.92. The van der Waals surface area contributed by atoms with Gasteiger partial charge in [0.05, 0.1) is 11.4 Å². The van der Waals surface area contributed by atoms with Gasteiger partial charge in [0.15, 0.2) is 0 Å². The highest BCUT2D eigenvalue weighted by Gasteiger charge is 2.36. The van der Waals surface area contributed by atoms with Crippen LogP contribution in [0.1, 0.15) is 25.0 Å². The third-order valence-corrected chi connectivity index (χ3v) is 5.31. The van der Waals surface area contributed by atoms with Crippen molar-refractivity contribution >= 4 is 37.8 Å². The van der Waals surface area contributed by atoms with Gasteiger partial charge in [-0.3, -0.25) is 9.52 Å². The number of carboxylic acid groups (broad SMARTS) is 1. The van der Waals surface area contributed by atoms with Crippen LogP contribution in [-0.4, -0.2) is 41.4 Å². The third kappa shape index (κ3) is 3.72. The molecule has 1 atom stereocenters. The first kappa shape index (κ1) is 16.2. The number of aromatic nitrogens is 1. The van der Waals surface area contributed by atoms with Crippen molar-refractivity contribution in [2.75, 3.05) is 11.3 Å². The Morgan fingerprint density at radius 1 is 1.48 bits per heavy atom. The summed E-state index contributed by atoms with van der Waals surface area (Å²) in [6, 6.07) is 2.19. The van der Waals surface area contributed by atoms with Crippen molar-refractivity contribution in [3.63, 3.8) is 0 Å². The molecule has 116 valence electrons. The molecule has 1 unspecified atom stereocenters. The van der Waals surface area contributed by atoms with Crippen LogP contribution < -0.4 is 4.72 Å². The first-order valence-electron chi connectivity index (χ1n) is 6.47. The van der Waals surface area contributed by atoms with Gasteiger partial charge in [-0.15, -0.1) is 0 Å². The first-order valence-corrected chi connectivity index (χ1v) is 8.70. The van der Waals surface area contributed by atoms with Gasteiger partial charge in [-0.2, -0.15) is 12.7 Å². The molecule has 2 heterocycles. The number of rotatable bonds is 4. The standard InChI is InChI=1S/C12H16BrN3O4S/c1-8-9(5-6-11(13)14-8)15-21(19,20)16-7-3-2-4-10(16)12(17)18/h5-6,10,15H,2-4,7H2,1H3,(H,17,18). The van der Waals surface area contributed by atoms with E-state index in [9.17, 15) is 18.3 Å². The third-order valence-electron chi connectivity index (χ3n) is 3.34. The van der Waals surface area contributed by atoms with E-state index in [1.54, 1.807) is 19.1 Å². The van der Waals surface area contributed by atoms with Crippen LogP contribution in [0.25, 0.3) is 0 Å². The highest BCUT2D eigenvalue weighted by atomic mass is 79.9. The van der Waals surface area contributed by atoms with E-state index in [4.69, 9.17) is 0 Å². The fourth-order valence-electron chi connectivity index (χ4n) is 2.28. The lowest BCUT2D eigenvalue weighted by Gasteiger charge is -2.32. The Morgan fingerprint density at radius 2 is 2.19 bits per heavy atom. The molecule has 7 nitrogen and oxygen atoms in total. The predicted octanol–water partition coefficient (Wildman–Crippen LogP) is 1.75. The summed E-state index contributed by atoms with van der Waals surface area (Å²) in [6.07, 6.45) is 1.69. The summed E-state index contributed by atoms with van der Waals surface area (Å²) in [6.45, 7) is 1.88. The van der Waals surface area contributed by atoms with Gasteiger partial charge in [-0.25, -0.2) is 4.98 Å². The molecule has 1 aliphatic rings. The fourth-order valence-corrected chi connectivity index (χ4v) is 4.18. The minimum Gasteiger partial charge on any atom is -0.480 e. The normalized spacial score (nSPS) is 20.2. The lowest BCUT2D eigenvalue weighted by Crippen LogP contribution is -2.50. The Balaban J connectivity index is 2.26. The Kier molecular flexibility index (Phi) is 4.84. The molecule has 1 aromatic heterocycles. The Bertz CT molecular complexity index is 650. The molecule has 0 aromatic carbocycles. The van der Waals surface area contributed by atoms with Crippen LogP contribution >= 0.6 is 15.9 Å². The number of carbonyl (C=O) groups is 1. The molecule has 0 bridgehead atoms. The van der Waals surface area contributed by atoms with Crippen molar-refractivity contribution in [1.82, 2.24) is 9.29 Å². The molecule has 1 fully saturated rings. The topological polar surface area (TPSA) is 99.6 Å². The Morgan fingerprint density at radius 3 is 2.81 bits per heavy atom. The van der Waals surface area contributed by atoms with Crippen LogP contribution in [-0.2, 0) is 15.0 Å². The fraction of sp³-hybridized carbons (Fsp3) is 0.500. The number of hydrogen-bond donors (Lipinski definition) is 2. The summed E-state index contributed by atoms with van der Waals surface area (Å²) < 4.78 is 28.9. The minimum absolute atomic E-state index is 0.204. The molecular weight excluding hydrogens is 362 g/mol. The maximum atomic E-state index is 12.4. The van der Waals surface area contributed by atoms with Crippen molar-refractivity contribution in [1.29, 1.82) is 0 Å². The van der Waals surface area contributed by atoms with E-state index in [-0.39, 0.29) is 6.54 Å². The maximum absolute atomic E-state index is 12.4. The van der Waals surface area contributed by atoms with Gasteiger partial charge in [0.2, 0.25) is 0 Å². The number of anilines is 1. The second kappa shape index (κ2) is 6.29. The van der Waals surface area contributed by atoms with Crippen LogP contribution in [0.3, 0.4) is 0 Å². The van der Waals surface area contributed by atoms with E-state index in [2.05, 4.69) is 25.6 Å². The van der Waals surface area contributed by atoms with Crippen LogP contribution in [0.4, 0.5) is 5.69 Å². The molecule has 2 N–H and O–H groups in total. The molecule has 1 saturated heterocycles. The summed E-state index contributed by atoms with van der Waals surface area (Å²) >= 11 is 3.20. The van der Waals surface area contributed by atoms with Crippen LogP contribution in [0.15, 0.2) is 16.7 Å². The summed E-state index contributed by atoms with van der Waals surface area (Å²) in [5, 5.41) is 9.18. The number of nitrogens with one attached hydrogen (secondary N) is 1. The largest absolute Gasteiger partial charge is 0.480 e. The van der Waals surface area contributed by atoms with E-state index in [0.29, 0.717) is 35.2 Å². The highest BCUT2D eigenvalue weighted by molar-refractivity contribution is 9.10. The molecule has 2 rings (SSSR count). The van der Waals surface area contributed by atoms with Gasteiger partial charge in [0.1, 0.15) is 10.6 Å². The van der Waals surface area contributed by atoms with Gasteiger partial charge in [-0.1, -0.05) is 0 Å². The average Bonchev–Trinajstić information content (AvgIpc) is 2.42. The first-order chi connectivity index (χ1) is 9.81. The predicted molar refractivity (Wildman–Crippen MR) is 81.2 cm³/mol. The minimum atomic E-state index is -3.92. The highest BCUT2D eigenvalue weighted by Crippen LogP contribution is 2.24. The van der Waals surface area contributed by atoms with Crippen molar-refractivity contribution in [3.8, 4) is 0 Å². The quantitative estimate of drug-likeness (QED) is 0.778. The molecule has 9 heteroatoms. The zero-order chi connectivity index (χ0) is 15.6. The smallest absolute Gasteiger partial charge is 0.322 e.